The Kier molecular flexibility index (Phi) is 3.18. The minimum atomic E-state index is -0.781. The SMILES string of the molecule is Nc1nc(N)c2nc(C(=O)C(=O)c3ccccc3)cnc2n1. The number of carbonyl (C=O) groups is 2. The van der Waals surface area contributed by atoms with E-state index >= 15 is 0 Å². The van der Waals surface area contributed by atoms with Crippen molar-refractivity contribution in [2.75, 3.05) is 11.5 Å². The van der Waals surface area contributed by atoms with Gasteiger partial charge in [-0.05, 0) is 0 Å². The van der Waals surface area contributed by atoms with Crippen LogP contribution < -0.4 is 11.5 Å². The summed E-state index contributed by atoms with van der Waals surface area (Å²) < 4.78 is 0. The molecule has 0 aliphatic heterocycles. The van der Waals surface area contributed by atoms with Gasteiger partial charge in [-0.25, -0.2) is 9.97 Å². The Morgan fingerprint density at radius 2 is 1.64 bits per heavy atom. The molecule has 0 radical (unpaired) electrons. The van der Waals surface area contributed by atoms with Crippen molar-refractivity contribution in [2.24, 2.45) is 0 Å². The molecular formula is C14H10N6O2. The first-order chi connectivity index (χ1) is 10.6. The smallest absolute Gasteiger partial charge is 0.253 e. The number of anilines is 2. The van der Waals surface area contributed by atoms with Gasteiger partial charge in [0, 0.05) is 5.56 Å². The van der Waals surface area contributed by atoms with Crippen molar-refractivity contribution in [1.82, 2.24) is 19.9 Å². The van der Waals surface area contributed by atoms with Crippen LogP contribution in [-0.4, -0.2) is 31.5 Å². The van der Waals surface area contributed by atoms with Gasteiger partial charge in [-0.3, -0.25) is 9.59 Å². The third kappa shape index (κ3) is 2.33. The molecule has 3 rings (SSSR count). The van der Waals surface area contributed by atoms with Crippen LogP contribution in [0.3, 0.4) is 0 Å². The minimum Gasteiger partial charge on any atom is -0.382 e. The Balaban J connectivity index is 2.03. The van der Waals surface area contributed by atoms with E-state index in [1.807, 2.05) is 0 Å². The number of nitrogen functional groups attached to an aromatic ring is 2. The predicted octanol–water partition coefficient (Wildman–Crippen LogP) is 0.650. The zero-order valence-corrected chi connectivity index (χ0v) is 11.2. The van der Waals surface area contributed by atoms with Gasteiger partial charge in [-0.15, -0.1) is 0 Å². The fraction of sp³-hybridized carbons (Fsp3) is 0. The molecule has 0 unspecified atom stereocenters. The van der Waals surface area contributed by atoms with Crippen molar-refractivity contribution in [3.8, 4) is 0 Å². The van der Waals surface area contributed by atoms with Crippen LogP contribution in [-0.2, 0) is 0 Å². The second-order valence-corrected chi connectivity index (χ2v) is 4.42. The zero-order valence-electron chi connectivity index (χ0n) is 11.2. The minimum absolute atomic E-state index is 0.00295. The van der Waals surface area contributed by atoms with Crippen LogP contribution in [0.15, 0.2) is 36.5 Å². The van der Waals surface area contributed by atoms with Crippen molar-refractivity contribution in [3.05, 3.63) is 47.8 Å². The van der Waals surface area contributed by atoms with E-state index in [0.29, 0.717) is 0 Å². The lowest BCUT2D eigenvalue weighted by atomic mass is 10.1. The second-order valence-electron chi connectivity index (χ2n) is 4.42. The summed E-state index contributed by atoms with van der Waals surface area (Å²) in [5, 5.41) is 0. The molecule has 0 bridgehead atoms. The average Bonchev–Trinajstić information content (AvgIpc) is 2.54. The number of benzene rings is 1. The van der Waals surface area contributed by atoms with Gasteiger partial charge in [0.05, 0.1) is 6.20 Å². The van der Waals surface area contributed by atoms with Crippen LogP contribution in [0.2, 0.25) is 0 Å². The van der Waals surface area contributed by atoms with E-state index in [-0.39, 0.29) is 34.2 Å². The van der Waals surface area contributed by atoms with Crippen LogP contribution in [0.1, 0.15) is 20.8 Å². The van der Waals surface area contributed by atoms with Gasteiger partial charge in [0.25, 0.3) is 5.78 Å². The molecule has 3 aromatic rings. The maximum absolute atomic E-state index is 12.2. The molecule has 4 N–H and O–H groups in total. The summed E-state index contributed by atoms with van der Waals surface area (Å²) in [4.78, 5) is 39.9. The third-order valence-corrected chi connectivity index (χ3v) is 2.93. The first kappa shape index (κ1) is 13.6. The van der Waals surface area contributed by atoms with Crippen LogP contribution in [0.4, 0.5) is 11.8 Å². The summed E-state index contributed by atoms with van der Waals surface area (Å²) >= 11 is 0. The molecule has 0 fully saturated rings. The van der Waals surface area contributed by atoms with E-state index in [4.69, 9.17) is 11.5 Å². The number of Topliss-reactive ketones (excluding diaryl/α,β-unsaturated/α-hetero) is 2. The molecule has 0 aliphatic rings. The highest BCUT2D eigenvalue weighted by molar-refractivity contribution is 6.48. The summed E-state index contributed by atoms with van der Waals surface area (Å²) in [5.74, 6) is -1.50. The number of nitrogens with two attached hydrogens (primary N) is 2. The number of ketones is 2. The fourth-order valence-electron chi connectivity index (χ4n) is 1.89. The number of rotatable bonds is 3. The van der Waals surface area contributed by atoms with Crippen molar-refractivity contribution >= 4 is 34.5 Å². The van der Waals surface area contributed by atoms with Gasteiger partial charge in [0.15, 0.2) is 17.0 Å². The van der Waals surface area contributed by atoms with E-state index in [1.54, 1.807) is 30.3 Å². The molecule has 0 amide bonds. The van der Waals surface area contributed by atoms with E-state index in [1.165, 1.54) is 0 Å². The molecule has 8 nitrogen and oxygen atoms in total. The maximum atomic E-state index is 12.2. The highest BCUT2D eigenvalue weighted by atomic mass is 16.2. The fourth-order valence-corrected chi connectivity index (χ4v) is 1.89. The number of aromatic nitrogens is 4. The molecule has 0 atom stereocenters. The lowest BCUT2D eigenvalue weighted by Crippen LogP contribution is -2.17. The monoisotopic (exact) mass is 294 g/mol. The van der Waals surface area contributed by atoms with E-state index < -0.39 is 11.6 Å². The van der Waals surface area contributed by atoms with Crippen molar-refractivity contribution in [2.45, 2.75) is 0 Å². The van der Waals surface area contributed by atoms with Gasteiger partial charge in [-0.1, -0.05) is 30.3 Å². The predicted molar refractivity (Wildman–Crippen MR) is 79.1 cm³/mol. The highest BCUT2D eigenvalue weighted by Gasteiger charge is 2.21. The Bertz CT molecular complexity index is 894. The molecule has 2 heterocycles. The number of nitrogens with zero attached hydrogens (tertiary/aromatic N) is 4. The second kappa shape index (κ2) is 5.17. The number of fused-ring (bicyclic) bond motifs is 1. The van der Waals surface area contributed by atoms with Gasteiger partial charge in [-0.2, -0.15) is 9.97 Å². The highest BCUT2D eigenvalue weighted by Crippen LogP contribution is 2.15. The Morgan fingerprint density at radius 1 is 0.909 bits per heavy atom. The Morgan fingerprint density at radius 3 is 2.36 bits per heavy atom. The van der Waals surface area contributed by atoms with Gasteiger partial charge in [0.2, 0.25) is 11.7 Å². The lowest BCUT2D eigenvalue weighted by molar-refractivity contribution is 0.0814. The quantitative estimate of drug-likeness (QED) is 0.530. The maximum Gasteiger partial charge on any atom is 0.253 e. The molecule has 0 saturated carbocycles. The van der Waals surface area contributed by atoms with Crippen molar-refractivity contribution < 1.29 is 9.59 Å². The summed E-state index contributed by atoms with van der Waals surface area (Å²) in [5.41, 5.74) is 11.6. The number of carbonyl (C=O) groups excluding carboxylic acids is 2. The topological polar surface area (TPSA) is 138 Å². The van der Waals surface area contributed by atoms with Gasteiger partial charge < -0.3 is 11.5 Å². The van der Waals surface area contributed by atoms with Gasteiger partial charge >= 0.3 is 0 Å². The molecule has 1 aromatic carbocycles. The summed E-state index contributed by atoms with van der Waals surface area (Å²) in [6, 6.07) is 8.18. The number of hydrogen-bond acceptors (Lipinski definition) is 8. The van der Waals surface area contributed by atoms with Gasteiger partial charge in [0.1, 0.15) is 5.69 Å². The van der Waals surface area contributed by atoms with Crippen LogP contribution in [0.25, 0.3) is 11.2 Å². The zero-order chi connectivity index (χ0) is 15.7. The third-order valence-electron chi connectivity index (χ3n) is 2.93. The first-order valence-corrected chi connectivity index (χ1v) is 6.26. The Hall–Kier alpha value is -3.42. The molecule has 22 heavy (non-hydrogen) atoms. The summed E-state index contributed by atoms with van der Waals surface area (Å²) in [6.07, 6.45) is 1.16. The molecule has 2 aromatic heterocycles. The van der Waals surface area contributed by atoms with E-state index in [2.05, 4.69) is 19.9 Å². The molecule has 8 heteroatoms. The summed E-state index contributed by atoms with van der Waals surface area (Å²) in [6.45, 7) is 0. The number of hydrogen-bond donors (Lipinski definition) is 2. The van der Waals surface area contributed by atoms with E-state index in [0.717, 1.165) is 6.20 Å². The van der Waals surface area contributed by atoms with Crippen molar-refractivity contribution in [3.63, 3.8) is 0 Å². The van der Waals surface area contributed by atoms with Crippen LogP contribution in [0.5, 0.6) is 0 Å². The first-order valence-electron chi connectivity index (χ1n) is 6.26. The molecule has 108 valence electrons. The summed E-state index contributed by atoms with van der Waals surface area (Å²) in [7, 11) is 0. The molecule has 0 aliphatic carbocycles. The Labute approximate surface area is 124 Å². The van der Waals surface area contributed by atoms with Crippen LogP contribution >= 0.6 is 0 Å². The lowest BCUT2D eigenvalue weighted by Gasteiger charge is -2.03. The van der Waals surface area contributed by atoms with E-state index in [9.17, 15) is 9.59 Å². The molecular weight excluding hydrogens is 284 g/mol. The standard InChI is InChI=1S/C14H10N6O2/c15-12-9-13(20-14(16)19-12)17-6-8(18-9)11(22)10(21)7-4-2-1-3-5-7/h1-6H,(H4,15,16,17,19,20). The molecule has 0 saturated heterocycles. The van der Waals surface area contributed by atoms with Crippen LogP contribution in [0, 0.1) is 0 Å². The largest absolute Gasteiger partial charge is 0.382 e. The molecule has 0 spiro atoms. The van der Waals surface area contributed by atoms with Crippen molar-refractivity contribution in [1.29, 1.82) is 0 Å². The average molecular weight is 294 g/mol. The normalized spacial score (nSPS) is 10.5.